The van der Waals surface area contributed by atoms with Crippen LogP contribution in [0.3, 0.4) is 0 Å². The van der Waals surface area contributed by atoms with Crippen LogP contribution in [0.5, 0.6) is 11.5 Å². The first-order valence-corrected chi connectivity index (χ1v) is 11.5. The second-order valence-corrected chi connectivity index (χ2v) is 8.40. The van der Waals surface area contributed by atoms with Crippen molar-refractivity contribution < 1.29 is 13.9 Å². The molecule has 1 aliphatic rings. The molecule has 2 heterocycles. The molecule has 0 aliphatic carbocycles. The zero-order valence-electron chi connectivity index (χ0n) is 18.1. The largest absolute Gasteiger partial charge is 0.486 e. The van der Waals surface area contributed by atoms with Crippen LogP contribution < -0.4 is 14.3 Å². The van der Waals surface area contributed by atoms with Crippen molar-refractivity contribution in [3.05, 3.63) is 99.9 Å². The lowest BCUT2D eigenvalue weighted by Gasteiger charge is -2.18. The Labute approximate surface area is 195 Å². The van der Waals surface area contributed by atoms with Gasteiger partial charge in [-0.25, -0.2) is 9.07 Å². The Morgan fingerprint density at radius 1 is 0.970 bits per heavy atom. The van der Waals surface area contributed by atoms with Crippen molar-refractivity contribution in [2.75, 3.05) is 13.2 Å². The van der Waals surface area contributed by atoms with Gasteiger partial charge in [-0.1, -0.05) is 30.3 Å². The first-order chi connectivity index (χ1) is 16.2. The molecule has 0 saturated heterocycles. The van der Waals surface area contributed by atoms with E-state index >= 15 is 0 Å². The van der Waals surface area contributed by atoms with Gasteiger partial charge in [0.2, 0.25) is 4.80 Å². The number of fused-ring (bicyclic) bond motifs is 1. The molecule has 0 bridgehead atoms. The predicted octanol–water partition coefficient (Wildman–Crippen LogP) is 5.50. The summed E-state index contributed by atoms with van der Waals surface area (Å²) in [5, 5.41) is 6.91. The van der Waals surface area contributed by atoms with E-state index in [0.29, 0.717) is 19.8 Å². The first kappa shape index (κ1) is 21.2. The molecule has 0 N–H and O–H groups in total. The van der Waals surface area contributed by atoms with Gasteiger partial charge in [-0.05, 0) is 55.0 Å². The highest BCUT2D eigenvalue weighted by atomic mass is 32.1. The van der Waals surface area contributed by atoms with E-state index in [1.165, 1.54) is 23.5 Å². The van der Waals surface area contributed by atoms with Crippen LogP contribution in [0.1, 0.15) is 18.1 Å². The number of thiazole rings is 1. The fourth-order valence-electron chi connectivity index (χ4n) is 3.54. The van der Waals surface area contributed by atoms with Crippen molar-refractivity contribution >= 4 is 17.0 Å². The summed E-state index contributed by atoms with van der Waals surface area (Å²) in [6.45, 7) is 3.58. The lowest BCUT2D eigenvalue weighted by Crippen LogP contribution is -2.16. The molecule has 5 nitrogen and oxygen atoms in total. The van der Waals surface area contributed by atoms with Crippen molar-refractivity contribution in [2.45, 2.75) is 13.5 Å². The molecule has 1 aliphatic heterocycles. The minimum absolute atomic E-state index is 0.273. The van der Waals surface area contributed by atoms with Crippen molar-refractivity contribution in [3.8, 4) is 22.8 Å². The summed E-state index contributed by atoms with van der Waals surface area (Å²) in [5.41, 5.74) is 4.57. The lowest BCUT2D eigenvalue weighted by atomic mass is 10.1. The van der Waals surface area contributed by atoms with Crippen LogP contribution in [0.4, 0.5) is 4.39 Å². The number of benzene rings is 3. The van der Waals surface area contributed by atoms with Crippen LogP contribution in [0.15, 0.2) is 88.3 Å². The average molecular weight is 460 g/mol. The molecule has 0 spiro atoms. The standard InChI is InChI=1S/C26H22FN3O2S/c1-18(21-9-12-24-25(15-21)32-14-13-31-24)29-30-23(20-7-10-22(27)11-8-20)17-33-26(30)28-16-19-5-3-2-4-6-19/h2-12,15,17H,13-14,16H2,1H3/b28-26?,29-18-. The van der Waals surface area contributed by atoms with E-state index < -0.39 is 0 Å². The van der Waals surface area contributed by atoms with E-state index in [4.69, 9.17) is 19.6 Å². The quantitative estimate of drug-likeness (QED) is 0.370. The normalized spacial score (nSPS) is 13.9. The Hall–Kier alpha value is -3.71. The molecule has 1 aromatic heterocycles. The monoisotopic (exact) mass is 459 g/mol. The van der Waals surface area contributed by atoms with Crippen molar-refractivity contribution in [3.63, 3.8) is 0 Å². The lowest BCUT2D eigenvalue weighted by molar-refractivity contribution is 0.171. The molecule has 0 unspecified atom stereocenters. The third kappa shape index (κ3) is 4.73. The van der Waals surface area contributed by atoms with E-state index in [9.17, 15) is 4.39 Å². The van der Waals surface area contributed by atoms with Crippen LogP contribution >= 0.6 is 11.3 Å². The molecule has 0 amide bonds. The molecule has 0 atom stereocenters. The number of nitrogens with zero attached hydrogens (tertiary/aromatic N) is 3. The van der Waals surface area contributed by atoms with Crippen molar-refractivity contribution in [2.24, 2.45) is 10.1 Å². The topological polar surface area (TPSA) is 48.1 Å². The second-order valence-electron chi connectivity index (χ2n) is 7.57. The fraction of sp³-hybridized carbons (Fsp3) is 0.154. The molecule has 5 rings (SSSR count). The summed E-state index contributed by atoms with van der Waals surface area (Å²) in [5.74, 6) is 1.19. The fourth-order valence-corrected chi connectivity index (χ4v) is 4.37. The second kappa shape index (κ2) is 9.42. The molecular formula is C26H22FN3O2S. The van der Waals surface area contributed by atoms with Crippen LogP contribution in [-0.2, 0) is 6.54 Å². The number of aromatic nitrogens is 1. The molecule has 33 heavy (non-hydrogen) atoms. The Kier molecular flexibility index (Phi) is 6.04. The molecule has 0 fully saturated rings. The third-order valence-electron chi connectivity index (χ3n) is 5.27. The third-order valence-corrected chi connectivity index (χ3v) is 6.13. The number of rotatable bonds is 5. The Bertz CT molecular complexity index is 1360. The smallest absolute Gasteiger partial charge is 0.206 e. The minimum atomic E-state index is -0.273. The van der Waals surface area contributed by atoms with Gasteiger partial charge in [0.05, 0.1) is 18.0 Å². The molecule has 166 valence electrons. The maximum absolute atomic E-state index is 13.5. The number of ether oxygens (including phenoxy) is 2. The van der Waals surface area contributed by atoms with E-state index in [1.54, 1.807) is 12.1 Å². The highest BCUT2D eigenvalue weighted by molar-refractivity contribution is 7.07. The maximum Gasteiger partial charge on any atom is 0.206 e. The SMILES string of the molecule is C/C(=N/n1c(-c2ccc(F)cc2)csc1=NCc1ccccc1)c1ccc2c(c1)OCCO2. The first-order valence-electron chi connectivity index (χ1n) is 10.6. The summed E-state index contributed by atoms with van der Waals surface area (Å²) < 4.78 is 26.7. The summed E-state index contributed by atoms with van der Waals surface area (Å²) in [7, 11) is 0. The van der Waals surface area contributed by atoms with Crippen LogP contribution in [0.25, 0.3) is 11.3 Å². The zero-order chi connectivity index (χ0) is 22.6. The summed E-state index contributed by atoms with van der Waals surface area (Å²) in [6.07, 6.45) is 0. The van der Waals surface area contributed by atoms with Gasteiger partial charge in [0, 0.05) is 16.5 Å². The van der Waals surface area contributed by atoms with Gasteiger partial charge in [-0.2, -0.15) is 5.10 Å². The Balaban J connectivity index is 1.57. The van der Waals surface area contributed by atoms with Crippen LogP contribution in [0.2, 0.25) is 0 Å². The van der Waals surface area contributed by atoms with E-state index in [1.807, 2.05) is 65.5 Å². The van der Waals surface area contributed by atoms with Gasteiger partial charge < -0.3 is 9.47 Å². The highest BCUT2D eigenvalue weighted by Gasteiger charge is 2.14. The van der Waals surface area contributed by atoms with Gasteiger partial charge in [0.25, 0.3) is 0 Å². The van der Waals surface area contributed by atoms with Gasteiger partial charge in [0.15, 0.2) is 11.5 Å². The van der Waals surface area contributed by atoms with E-state index in [2.05, 4.69) is 0 Å². The summed E-state index contributed by atoms with van der Waals surface area (Å²) in [6, 6.07) is 22.3. The molecule has 0 radical (unpaired) electrons. The molecule has 3 aromatic carbocycles. The molecule has 4 aromatic rings. The Morgan fingerprint density at radius 2 is 1.73 bits per heavy atom. The summed E-state index contributed by atoms with van der Waals surface area (Å²) in [4.78, 5) is 5.57. The molecule has 0 saturated carbocycles. The zero-order valence-corrected chi connectivity index (χ0v) is 18.9. The van der Waals surface area contributed by atoms with Crippen molar-refractivity contribution in [1.29, 1.82) is 0 Å². The van der Waals surface area contributed by atoms with Gasteiger partial charge in [-0.3, -0.25) is 4.99 Å². The van der Waals surface area contributed by atoms with Crippen molar-refractivity contribution in [1.82, 2.24) is 4.68 Å². The van der Waals surface area contributed by atoms with Gasteiger partial charge in [0.1, 0.15) is 19.0 Å². The number of halogens is 1. The van der Waals surface area contributed by atoms with Gasteiger partial charge in [-0.15, -0.1) is 11.3 Å². The molecular weight excluding hydrogens is 437 g/mol. The van der Waals surface area contributed by atoms with Gasteiger partial charge >= 0.3 is 0 Å². The Morgan fingerprint density at radius 3 is 2.52 bits per heavy atom. The molecule has 7 heteroatoms. The van der Waals surface area contributed by atoms with E-state index in [0.717, 1.165) is 44.4 Å². The van der Waals surface area contributed by atoms with Crippen LogP contribution in [-0.4, -0.2) is 23.6 Å². The highest BCUT2D eigenvalue weighted by Crippen LogP contribution is 2.31. The van der Waals surface area contributed by atoms with E-state index in [-0.39, 0.29) is 5.82 Å². The number of hydrogen-bond donors (Lipinski definition) is 0. The number of hydrogen-bond acceptors (Lipinski definition) is 5. The van der Waals surface area contributed by atoms with Crippen LogP contribution in [0, 0.1) is 5.82 Å². The minimum Gasteiger partial charge on any atom is -0.486 e. The summed E-state index contributed by atoms with van der Waals surface area (Å²) >= 11 is 1.51. The predicted molar refractivity (Wildman–Crippen MR) is 128 cm³/mol. The average Bonchev–Trinajstić information content (AvgIpc) is 3.25. The maximum atomic E-state index is 13.5.